The van der Waals surface area contributed by atoms with Gasteiger partial charge in [0.1, 0.15) is 35.0 Å². The SMILES string of the molecule is COc1ccc(C(=O)N2CCN(CCCCC(=O)N3CCC(Cc4ncnc5[nH]cc(C(=O)c6ccc(Oc7ccccc7)cc6Cl)c45)CC3)CC2)cc1N1CCC(=O)CC1=O. The normalized spacial score (nSPS) is 16.5. The number of piperazine rings is 1. The highest BCUT2D eigenvalue weighted by molar-refractivity contribution is 6.35. The number of piperidine rings is 2. The standard InChI is InChI=1S/C47H50ClN7O7/c1-61-41-13-10-32(26-40(41)55-20-16-33(56)27-43(55)58)47(60)54-23-21-52(22-24-54)17-6-5-9-42(57)53-18-14-31(15-19-53)25-39-44-37(29-49-46(44)51-30-50-39)45(59)36-12-11-35(28-38(36)48)62-34-7-3-2-4-8-34/h2-4,7-8,10-13,26,28-31H,5-6,9,14-25,27H2,1H3,(H,49,50,51). The minimum absolute atomic E-state index is 0.0818. The van der Waals surface area contributed by atoms with Gasteiger partial charge in [-0.1, -0.05) is 29.8 Å². The number of para-hydroxylation sites is 1. The lowest BCUT2D eigenvalue weighted by Gasteiger charge is -2.35. The van der Waals surface area contributed by atoms with Gasteiger partial charge in [-0.15, -0.1) is 0 Å². The van der Waals surface area contributed by atoms with Crippen LogP contribution >= 0.6 is 11.6 Å². The van der Waals surface area contributed by atoms with Crippen LogP contribution < -0.4 is 14.4 Å². The van der Waals surface area contributed by atoms with Crippen molar-refractivity contribution in [3.63, 3.8) is 0 Å². The third-order valence-corrected chi connectivity index (χ3v) is 12.5. The lowest BCUT2D eigenvalue weighted by Crippen LogP contribution is -2.48. The molecule has 15 heteroatoms. The lowest BCUT2D eigenvalue weighted by molar-refractivity contribution is -0.133. The number of ketones is 2. The third kappa shape index (κ3) is 9.66. The van der Waals surface area contributed by atoms with Crippen LogP contribution in [0, 0.1) is 5.92 Å². The zero-order valence-corrected chi connectivity index (χ0v) is 35.6. The summed E-state index contributed by atoms with van der Waals surface area (Å²) in [5.41, 5.74) is 3.21. The number of Topliss-reactive ketones (excluding diaryl/α,β-unsaturated/α-hetero) is 1. The summed E-state index contributed by atoms with van der Waals surface area (Å²) in [4.78, 5) is 84.9. The molecule has 0 radical (unpaired) electrons. The van der Waals surface area contributed by atoms with Gasteiger partial charge in [-0.25, -0.2) is 9.97 Å². The number of hydrogen-bond acceptors (Lipinski definition) is 10. The molecule has 3 aromatic carbocycles. The number of fused-ring (bicyclic) bond motifs is 1. The number of carbonyl (C=O) groups excluding carboxylic acids is 5. The maximum atomic E-state index is 13.9. The van der Waals surface area contributed by atoms with Crippen molar-refractivity contribution in [3.8, 4) is 17.2 Å². The van der Waals surface area contributed by atoms with Gasteiger partial charge in [0.25, 0.3) is 5.91 Å². The Morgan fingerprint density at radius 3 is 2.37 bits per heavy atom. The highest BCUT2D eigenvalue weighted by atomic mass is 35.5. The van der Waals surface area contributed by atoms with E-state index in [4.69, 9.17) is 21.1 Å². The number of aromatic nitrogens is 3. The molecule has 322 valence electrons. The summed E-state index contributed by atoms with van der Waals surface area (Å²) in [7, 11) is 1.52. The molecule has 2 aromatic heterocycles. The zero-order chi connectivity index (χ0) is 43.2. The van der Waals surface area contributed by atoms with Crippen LogP contribution in [0.15, 0.2) is 79.3 Å². The summed E-state index contributed by atoms with van der Waals surface area (Å²) >= 11 is 6.63. The molecule has 62 heavy (non-hydrogen) atoms. The van der Waals surface area contributed by atoms with E-state index in [0.29, 0.717) is 95.6 Å². The van der Waals surface area contributed by atoms with Crippen LogP contribution in [0.3, 0.4) is 0 Å². The minimum Gasteiger partial charge on any atom is -0.495 e. The molecule has 0 spiro atoms. The van der Waals surface area contributed by atoms with E-state index in [-0.39, 0.29) is 53.7 Å². The van der Waals surface area contributed by atoms with Crippen LogP contribution in [0.4, 0.5) is 5.69 Å². The van der Waals surface area contributed by atoms with Gasteiger partial charge in [0.15, 0.2) is 5.78 Å². The maximum absolute atomic E-state index is 13.9. The highest BCUT2D eigenvalue weighted by Gasteiger charge is 2.30. The van der Waals surface area contributed by atoms with E-state index in [1.54, 1.807) is 42.6 Å². The predicted molar refractivity (Wildman–Crippen MR) is 234 cm³/mol. The molecule has 3 saturated heterocycles. The number of nitrogens with zero attached hydrogens (tertiary/aromatic N) is 6. The Morgan fingerprint density at radius 1 is 0.839 bits per heavy atom. The summed E-state index contributed by atoms with van der Waals surface area (Å²) in [5.74, 6) is 1.47. The number of anilines is 1. The van der Waals surface area contributed by atoms with Gasteiger partial charge in [-0.3, -0.25) is 28.9 Å². The largest absolute Gasteiger partial charge is 0.495 e. The number of likely N-dealkylation sites (tertiary alicyclic amines) is 1. The molecule has 0 unspecified atom stereocenters. The second-order valence-corrected chi connectivity index (χ2v) is 16.6. The Kier molecular flexibility index (Phi) is 13.2. The second-order valence-electron chi connectivity index (χ2n) is 16.1. The Morgan fingerprint density at radius 2 is 1.63 bits per heavy atom. The van der Waals surface area contributed by atoms with E-state index < -0.39 is 0 Å². The van der Waals surface area contributed by atoms with Crippen molar-refractivity contribution in [2.24, 2.45) is 5.92 Å². The summed E-state index contributed by atoms with van der Waals surface area (Å²) < 4.78 is 11.4. The molecule has 5 aromatic rings. The molecule has 3 aliphatic rings. The molecule has 3 amide bonds. The van der Waals surface area contributed by atoms with E-state index in [9.17, 15) is 24.0 Å². The first kappa shape index (κ1) is 42.6. The van der Waals surface area contributed by atoms with Crippen molar-refractivity contribution in [1.82, 2.24) is 29.7 Å². The zero-order valence-electron chi connectivity index (χ0n) is 34.8. The molecule has 1 N–H and O–H groups in total. The number of benzene rings is 3. The van der Waals surface area contributed by atoms with Crippen LogP contribution in [-0.4, -0.2) is 118 Å². The molecule has 0 atom stereocenters. The van der Waals surface area contributed by atoms with Crippen LogP contribution in [0.25, 0.3) is 11.0 Å². The first-order valence-electron chi connectivity index (χ1n) is 21.3. The van der Waals surface area contributed by atoms with Crippen LogP contribution in [0.2, 0.25) is 5.02 Å². The first-order valence-corrected chi connectivity index (χ1v) is 21.7. The van der Waals surface area contributed by atoms with Gasteiger partial charge in [0, 0.05) is 82.0 Å². The van der Waals surface area contributed by atoms with Crippen molar-refractivity contribution in [1.29, 1.82) is 0 Å². The van der Waals surface area contributed by atoms with Crippen LogP contribution in [0.1, 0.15) is 76.9 Å². The van der Waals surface area contributed by atoms with Gasteiger partial charge < -0.3 is 29.2 Å². The van der Waals surface area contributed by atoms with E-state index in [1.165, 1.54) is 18.3 Å². The molecule has 0 aliphatic carbocycles. The molecular weight excluding hydrogens is 810 g/mol. The number of H-pyrrole nitrogens is 1. The molecule has 5 heterocycles. The smallest absolute Gasteiger partial charge is 0.254 e. The lowest BCUT2D eigenvalue weighted by atomic mass is 9.90. The average Bonchev–Trinajstić information content (AvgIpc) is 3.73. The van der Waals surface area contributed by atoms with Crippen molar-refractivity contribution >= 4 is 57.6 Å². The van der Waals surface area contributed by atoms with Crippen LogP contribution in [-0.2, 0) is 20.8 Å². The number of hydrogen-bond donors (Lipinski definition) is 1. The van der Waals surface area contributed by atoms with E-state index >= 15 is 0 Å². The summed E-state index contributed by atoms with van der Waals surface area (Å²) in [5, 5.41) is 0.986. The van der Waals surface area contributed by atoms with Gasteiger partial charge in [-0.2, -0.15) is 0 Å². The van der Waals surface area contributed by atoms with Crippen molar-refractivity contribution in [2.75, 3.05) is 64.4 Å². The van der Waals surface area contributed by atoms with Gasteiger partial charge in [0.2, 0.25) is 11.8 Å². The molecule has 3 aliphatic heterocycles. The number of ether oxygens (including phenoxy) is 2. The Hall–Kier alpha value is -6.12. The molecule has 0 bridgehead atoms. The summed E-state index contributed by atoms with van der Waals surface area (Å²) in [6, 6.07) is 19.5. The van der Waals surface area contributed by atoms with E-state index in [0.717, 1.165) is 51.0 Å². The van der Waals surface area contributed by atoms with E-state index in [2.05, 4.69) is 19.9 Å². The Balaban J connectivity index is 0.773. The Bertz CT molecular complexity index is 2460. The predicted octanol–water partition coefficient (Wildman–Crippen LogP) is 6.75. The number of aromatic amines is 1. The first-order chi connectivity index (χ1) is 30.1. The fourth-order valence-electron chi connectivity index (χ4n) is 8.66. The third-order valence-electron chi connectivity index (χ3n) is 12.2. The summed E-state index contributed by atoms with van der Waals surface area (Å²) in [6.07, 6.45) is 7.87. The van der Waals surface area contributed by atoms with E-state index in [1.807, 2.05) is 40.1 Å². The van der Waals surface area contributed by atoms with Gasteiger partial charge in [0.05, 0.1) is 40.9 Å². The monoisotopic (exact) mass is 859 g/mol. The number of nitrogens with one attached hydrogen (secondary N) is 1. The number of halogens is 1. The van der Waals surface area contributed by atoms with Crippen molar-refractivity contribution in [2.45, 2.75) is 51.4 Å². The molecule has 3 fully saturated rings. The number of amides is 3. The average molecular weight is 860 g/mol. The highest BCUT2D eigenvalue weighted by Crippen LogP contribution is 2.34. The topological polar surface area (TPSA) is 158 Å². The second kappa shape index (κ2) is 19.3. The number of methoxy groups -OCH3 is 1. The molecule has 14 nitrogen and oxygen atoms in total. The molecule has 0 saturated carbocycles. The Labute approximate surface area is 365 Å². The fraction of sp³-hybridized carbons (Fsp3) is 0.383. The number of carbonyl (C=O) groups is 5. The number of unbranched alkanes of at least 4 members (excludes halogenated alkanes) is 1. The van der Waals surface area contributed by atoms with Crippen molar-refractivity contribution in [3.05, 3.63) is 107 Å². The number of rotatable bonds is 14. The molecular formula is C47H50ClN7O7. The van der Waals surface area contributed by atoms with Gasteiger partial charge in [-0.05, 0) is 87.0 Å². The maximum Gasteiger partial charge on any atom is 0.254 e. The van der Waals surface area contributed by atoms with Crippen molar-refractivity contribution < 1.29 is 33.4 Å². The quantitative estimate of drug-likeness (QED) is 0.0720. The van der Waals surface area contributed by atoms with Gasteiger partial charge >= 0.3 is 0 Å². The molecule has 8 rings (SSSR count). The fourth-order valence-corrected chi connectivity index (χ4v) is 8.92. The van der Waals surface area contributed by atoms with Crippen LogP contribution in [0.5, 0.6) is 17.2 Å². The summed E-state index contributed by atoms with van der Waals surface area (Å²) in [6.45, 7) is 5.15. The minimum atomic E-state index is -0.287.